The van der Waals surface area contributed by atoms with Crippen LogP contribution < -0.4 is 14.8 Å². The van der Waals surface area contributed by atoms with Crippen molar-refractivity contribution in [3.63, 3.8) is 0 Å². The normalized spacial score (nSPS) is 12.2. The second-order valence-electron chi connectivity index (χ2n) is 3.81. The summed E-state index contributed by atoms with van der Waals surface area (Å²) in [7, 11) is 5.17. The Morgan fingerprint density at radius 3 is 2.17 bits per heavy atom. The van der Waals surface area contributed by atoms with E-state index in [1.807, 2.05) is 37.4 Å². The number of nitrogens with one attached hydrogen (secondary N) is 1. The maximum absolute atomic E-state index is 5.47. The Morgan fingerprint density at radius 1 is 1.06 bits per heavy atom. The SMILES string of the molecule is CNC(c1ccco1)c1c(OC)cccc1OC. The zero-order valence-electron chi connectivity index (χ0n) is 10.8. The molecular weight excluding hydrogens is 230 g/mol. The molecular formula is C14H17NO3. The highest BCUT2D eigenvalue weighted by molar-refractivity contribution is 5.49. The van der Waals surface area contributed by atoms with Crippen LogP contribution in [0.4, 0.5) is 0 Å². The third-order valence-corrected chi connectivity index (χ3v) is 2.87. The quantitative estimate of drug-likeness (QED) is 0.882. The molecule has 0 aliphatic carbocycles. The van der Waals surface area contributed by atoms with Gasteiger partial charge in [-0.15, -0.1) is 0 Å². The number of rotatable bonds is 5. The van der Waals surface area contributed by atoms with Gasteiger partial charge in [-0.3, -0.25) is 0 Å². The summed E-state index contributed by atoms with van der Waals surface area (Å²) in [5.41, 5.74) is 0.931. The maximum Gasteiger partial charge on any atom is 0.127 e. The Morgan fingerprint density at radius 2 is 1.72 bits per heavy atom. The van der Waals surface area contributed by atoms with Crippen LogP contribution >= 0.6 is 0 Å². The van der Waals surface area contributed by atoms with Crippen molar-refractivity contribution in [1.29, 1.82) is 0 Å². The van der Waals surface area contributed by atoms with E-state index in [1.165, 1.54) is 0 Å². The van der Waals surface area contributed by atoms with Gasteiger partial charge in [0, 0.05) is 0 Å². The minimum Gasteiger partial charge on any atom is -0.496 e. The molecule has 4 nitrogen and oxygen atoms in total. The van der Waals surface area contributed by atoms with Gasteiger partial charge in [-0.25, -0.2) is 0 Å². The standard InChI is InChI=1S/C14H17NO3/c1-15-14(12-8-5-9-18-12)13-10(16-2)6-4-7-11(13)17-3/h4-9,14-15H,1-3H3. The molecule has 0 bridgehead atoms. The monoisotopic (exact) mass is 247 g/mol. The predicted octanol–water partition coefficient (Wildman–Crippen LogP) is 2.61. The molecule has 1 aromatic carbocycles. The number of benzene rings is 1. The Hall–Kier alpha value is -1.94. The second kappa shape index (κ2) is 5.60. The Balaban J connectivity index is 2.53. The van der Waals surface area contributed by atoms with Crippen molar-refractivity contribution in [2.24, 2.45) is 0 Å². The molecule has 0 fully saturated rings. The third kappa shape index (κ3) is 2.19. The van der Waals surface area contributed by atoms with Crippen molar-refractivity contribution in [1.82, 2.24) is 5.32 Å². The number of ether oxygens (including phenoxy) is 2. The highest BCUT2D eigenvalue weighted by atomic mass is 16.5. The van der Waals surface area contributed by atoms with Crippen LogP contribution in [-0.4, -0.2) is 21.3 Å². The van der Waals surface area contributed by atoms with Crippen molar-refractivity contribution in [3.8, 4) is 11.5 Å². The summed E-state index contributed by atoms with van der Waals surface area (Å²) in [4.78, 5) is 0. The van der Waals surface area contributed by atoms with Gasteiger partial charge in [-0.1, -0.05) is 6.07 Å². The fraction of sp³-hybridized carbons (Fsp3) is 0.286. The second-order valence-corrected chi connectivity index (χ2v) is 3.81. The van der Waals surface area contributed by atoms with E-state index < -0.39 is 0 Å². The lowest BCUT2D eigenvalue weighted by atomic mass is 10.0. The van der Waals surface area contributed by atoms with Crippen molar-refractivity contribution >= 4 is 0 Å². The summed E-state index contributed by atoms with van der Waals surface area (Å²) in [6.45, 7) is 0. The van der Waals surface area contributed by atoms with Gasteiger partial charge in [-0.2, -0.15) is 0 Å². The molecule has 1 N–H and O–H groups in total. The highest BCUT2D eigenvalue weighted by Gasteiger charge is 2.23. The van der Waals surface area contributed by atoms with Crippen molar-refractivity contribution in [2.75, 3.05) is 21.3 Å². The molecule has 1 heterocycles. The van der Waals surface area contributed by atoms with E-state index in [4.69, 9.17) is 13.9 Å². The van der Waals surface area contributed by atoms with Crippen LogP contribution in [0.25, 0.3) is 0 Å². The van der Waals surface area contributed by atoms with Gasteiger partial charge < -0.3 is 19.2 Å². The summed E-state index contributed by atoms with van der Waals surface area (Å²) in [5.74, 6) is 2.36. The average Bonchev–Trinajstić information content (AvgIpc) is 2.93. The van der Waals surface area contributed by atoms with Crippen LogP contribution in [0.3, 0.4) is 0 Å². The largest absolute Gasteiger partial charge is 0.496 e. The van der Waals surface area contributed by atoms with Gasteiger partial charge in [-0.05, 0) is 31.3 Å². The molecule has 0 radical (unpaired) electrons. The van der Waals surface area contributed by atoms with E-state index in [0.717, 1.165) is 22.8 Å². The van der Waals surface area contributed by atoms with E-state index in [9.17, 15) is 0 Å². The minimum absolute atomic E-state index is 0.105. The minimum atomic E-state index is -0.105. The summed E-state index contributed by atoms with van der Waals surface area (Å²) < 4.78 is 16.3. The first-order chi connectivity index (χ1) is 8.81. The lowest BCUT2D eigenvalue weighted by Crippen LogP contribution is -2.18. The zero-order valence-corrected chi connectivity index (χ0v) is 10.8. The maximum atomic E-state index is 5.47. The first-order valence-electron chi connectivity index (χ1n) is 5.73. The van der Waals surface area contributed by atoms with Crippen molar-refractivity contribution in [2.45, 2.75) is 6.04 Å². The first-order valence-corrected chi connectivity index (χ1v) is 5.73. The lowest BCUT2D eigenvalue weighted by molar-refractivity contribution is 0.369. The van der Waals surface area contributed by atoms with Crippen molar-refractivity contribution < 1.29 is 13.9 Å². The molecule has 96 valence electrons. The molecule has 0 saturated heterocycles. The molecule has 18 heavy (non-hydrogen) atoms. The Bertz CT molecular complexity index is 471. The molecule has 1 aromatic heterocycles. The van der Waals surface area contributed by atoms with E-state index in [-0.39, 0.29) is 6.04 Å². The van der Waals surface area contributed by atoms with Crippen LogP contribution in [0.15, 0.2) is 41.0 Å². The molecule has 0 aliphatic rings. The molecule has 1 atom stereocenters. The molecule has 0 amide bonds. The fourth-order valence-corrected chi connectivity index (χ4v) is 2.05. The molecule has 4 heteroatoms. The number of methoxy groups -OCH3 is 2. The van der Waals surface area contributed by atoms with Crippen LogP contribution in [0.2, 0.25) is 0 Å². The molecule has 0 aliphatic heterocycles. The smallest absolute Gasteiger partial charge is 0.127 e. The van der Waals surface area contributed by atoms with E-state index in [1.54, 1.807) is 20.5 Å². The van der Waals surface area contributed by atoms with Gasteiger partial charge in [0.2, 0.25) is 0 Å². The third-order valence-electron chi connectivity index (χ3n) is 2.87. The number of hydrogen-bond acceptors (Lipinski definition) is 4. The first kappa shape index (κ1) is 12.5. The van der Waals surface area contributed by atoms with E-state index in [2.05, 4.69) is 5.32 Å². The van der Waals surface area contributed by atoms with Crippen LogP contribution in [0.1, 0.15) is 17.4 Å². The Labute approximate surface area is 107 Å². The molecule has 0 saturated carbocycles. The van der Waals surface area contributed by atoms with Crippen LogP contribution in [0.5, 0.6) is 11.5 Å². The molecule has 0 spiro atoms. The van der Waals surface area contributed by atoms with Gasteiger partial charge in [0.15, 0.2) is 0 Å². The summed E-state index contributed by atoms with van der Waals surface area (Å²) >= 11 is 0. The van der Waals surface area contributed by atoms with Gasteiger partial charge in [0.05, 0.1) is 32.1 Å². The highest BCUT2D eigenvalue weighted by Crippen LogP contribution is 2.37. The number of hydrogen-bond donors (Lipinski definition) is 1. The van der Waals surface area contributed by atoms with Gasteiger partial charge in [0.1, 0.15) is 17.3 Å². The van der Waals surface area contributed by atoms with Gasteiger partial charge >= 0.3 is 0 Å². The van der Waals surface area contributed by atoms with E-state index >= 15 is 0 Å². The summed E-state index contributed by atoms with van der Waals surface area (Å²) in [6, 6.07) is 9.40. The van der Waals surface area contributed by atoms with Crippen LogP contribution in [0, 0.1) is 0 Å². The fourth-order valence-electron chi connectivity index (χ4n) is 2.05. The zero-order chi connectivity index (χ0) is 13.0. The average molecular weight is 247 g/mol. The topological polar surface area (TPSA) is 43.6 Å². The molecule has 2 aromatic rings. The van der Waals surface area contributed by atoms with Crippen molar-refractivity contribution in [3.05, 3.63) is 47.9 Å². The number of furan rings is 1. The van der Waals surface area contributed by atoms with Gasteiger partial charge in [0.25, 0.3) is 0 Å². The predicted molar refractivity (Wildman–Crippen MR) is 69.2 cm³/mol. The molecule has 2 rings (SSSR count). The Kier molecular flexibility index (Phi) is 3.89. The molecule has 1 unspecified atom stereocenters. The summed E-state index contributed by atoms with van der Waals surface area (Å²) in [5, 5.41) is 3.22. The lowest BCUT2D eigenvalue weighted by Gasteiger charge is -2.20. The summed E-state index contributed by atoms with van der Waals surface area (Å²) in [6.07, 6.45) is 1.65. The van der Waals surface area contributed by atoms with E-state index in [0.29, 0.717) is 0 Å². The van der Waals surface area contributed by atoms with Crippen LogP contribution in [-0.2, 0) is 0 Å².